The number of nitrogens with one attached hydrogen (secondary N) is 1. The predicted octanol–water partition coefficient (Wildman–Crippen LogP) is 3.69. The number of thiophene rings is 1. The number of carbonyl (C=O) groups is 1. The Bertz CT molecular complexity index is 1170. The molecule has 0 aromatic carbocycles. The van der Waals surface area contributed by atoms with Crippen LogP contribution >= 0.6 is 23.1 Å². The Labute approximate surface area is 183 Å². The third kappa shape index (κ3) is 4.09. The molecule has 0 saturated heterocycles. The van der Waals surface area contributed by atoms with E-state index in [0.717, 1.165) is 41.6 Å². The molecule has 0 fully saturated rings. The number of carbonyl (C=O) groups excluding carboxylic acids is 1. The van der Waals surface area contributed by atoms with Gasteiger partial charge in [0.05, 0.1) is 16.8 Å². The van der Waals surface area contributed by atoms with Crippen LogP contribution in [0.2, 0.25) is 0 Å². The van der Waals surface area contributed by atoms with Crippen LogP contribution in [0.3, 0.4) is 0 Å². The molecule has 30 heavy (non-hydrogen) atoms. The van der Waals surface area contributed by atoms with Gasteiger partial charge in [-0.15, -0.1) is 17.9 Å². The number of aryl methyl sites for hydroxylation is 4. The maximum Gasteiger partial charge on any atom is 0.263 e. The molecule has 3 aromatic heterocycles. The number of rotatable bonds is 6. The molecule has 0 unspecified atom stereocenters. The summed E-state index contributed by atoms with van der Waals surface area (Å²) in [6.45, 7) is 6.04. The zero-order valence-corrected chi connectivity index (χ0v) is 18.9. The van der Waals surface area contributed by atoms with Crippen molar-refractivity contribution in [3.05, 3.63) is 45.2 Å². The largest absolute Gasteiger partial charge is 0.310 e. The van der Waals surface area contributed by atoms with Gasteiger partial charge in [0.1, 0.15) is 10.6 Å². The molecule has 1 amide bonds. The van der Waals surface area contributed by atoms with Crippen molar-refractivity contribution < 1.29 is 4.79 Å². The normalized spacial score (nSPS) is 13.8. The number of amides is 1. The summed E-state index contributed by atoms with van der Waals surface area (Å²) in [6, 6.07) is 1.82. The van der Waals surface area contributed by atoms with E-state index < -0.39 is 0 Å². The first-order chi connectivity index (χ1) is 14.5. The highest BCUT2D eigenvalue weighted by Gasteiger charge is 2.21. The summed E-state index contributed by atoms with van der Waals surface area (Å²) < 4.78 is 3.27. The van der Waals surface area contributed by atoms with Gasteiger partial charge in [-0.1, -0.05) is 24.3 Å². The SMILES string of the molecule is C=CCn1c(SCC(=O)Nc2cc(C)nn2C)nc2sc3c(c2c1=O)CCCCC3. The van der Waals surface area contributed by atoms with Crippen LogP contribution in [0.1, 0.15) is 35.4 Å². The zero-order chi connectivity index (χ0) is 21.3. The molecule has 0 aliphatic heterocycles. The van der Waals surface area contributed by atoms with Crippen LogP contribution in [0.15, 0.2) is 28.7 Å². The van der Waals surface area contributed by atoms with Gasteiger partial charge in [0, 0.05) is 24.5 Å². The highest BCUT2D eigenvalue weighted by atomic mass is 32.2. The molecular formula is C21H25N5O2S2. The van der Waals surface area contributed by atoms with E-state index in [9.17, 15) is 9.59 Å². The second-order valence-electron chi connectivity index (χ2n) is 7.47. The minimum Gasteiger partial charge on any atom is -0.310 e. The van der Waals surface area contributed by atoms with Crippen LogP contribution in [0, 0.1) is 6.92 Å². The van der Waals surface area contributed by atoms with Crippen molar-refractivity contribution in [3.63, 3.8) is 0 Å². The molecule has 7 nitrogen and oxygen atoms in total. The fraction of sp³-hybridized carbons (Fsp3) is 0.429. The molecule has 1 N–H and O–H groups in total. The third-order valence-corrected chi connectivity index (χ3v) is 7.37. The topological polar surface area (TPSA) is 81.8 Å². The van der Waals surface area contributed by atoms with Crippen molar-refractivity contribution in [2.45, 2.75) is 50.7 Å². The molecule has 158 valence electrons. The van der Waals surface area contributed by atoms with Crippen LogP contribution in [-0.2, 0) is 31.2 Å². The molecule has 0 saturated carbocycles. The lowest BCUT2D eigenvalue weighted by Gasteiger charge is -2.11. The van der Waals surface area contributed by atoms with Crippen LogP contribution in [-0.4, -0.2) is 31.0 Å². The highest BCUT2D eigenvalue weighted by Crippen LogP contribution is 2.34. The molecular weight excluding hydrogens is 418 g/mol. The van der Waals surface area contributed by atoms with E-state index in [0.29, 0.717) is 17.5 Å². The van der Waals surface area contributed by atoms with Crippen molar-refractivity contribution in [2.24, 2.45) is 7.05 Å². The summed E-state index contributed by atoms with van der Waals surface area (Å²) in [4.78, 5) is 32.7. The number of fused-ring (bicyclic) bond motifs is 3. The van der Waals surface area contributed by atoms with E-state index in [4.69, 9.17) is 4.98 Å². The molecule has 0 bridgehead atoms. The van der Waals surface area contributed by atoms with E-state index in [1.165, 1.54) is 28.6 Å². The van der Waals surface area contributed by atoms with Gasteiger partial charge < -0.3 is 5.32 Å². The van der Waals surface area contributed by atoms with Crippen LogP contribution in [0.4, 0.5) is 5.82 Å². The van der Waals surface area contributed by atoms with E-state index in [-0.39, 0.29) is 17.2 Å². The first-order valence-corrected chi connectivity index (χ1v) is 11.9. The molecule has 4 rings (SSSR count). The third-order valence-electron chi connectivity index (χ3n) is 5.20. The Hall–Kier alpha value is -2.39. The van der Waals surface area contributed by atoms with Gasteiger partial charge in [0.25, 0.3) is 5.56 Å². The molecule has 3 heterocycles. The van der Waals surface area contributed by atoms with Gasteiger partial charge in [-0.25, -0.2) is 4.98 Å². The number of nitrogens with zero attached hydrogens (tertiary/aromatic N) is 4. The summed E-state index contributed by atoms with van der Waals surface area (Å²) >= 11 is 2.91. The van der Waals surface area contributed by atoms with E-state index >= 15 is 0 Å². The lowest BCUT2D eigenvalue weighted by Crippen LogP contribution is -2.24. The summed E-state index contributed by atoms with van der Waals surface area (Å²) in [5.41, 5.74) is 2.00. The van der Waals surface area contributed by atoms with Crippen molar-refractivity contribution in [3.8, 4) is 0 Å². The number of allylic oxidation sites excluding steroid dienone is 1. The molecule has 9 heteroatoms. The summed E-state index contributed by atoms with van der Waals surface area (Å²) in [5.74, 6) is 0.640. The minimum atomic E-state index is -0.163. The molecule has 1 aliphatic rings. The lowest BCUT2D eigenvalue weighted by molar-refractivity contribution is -0.113. The summed E-state index contributed by atoms with van der Waals surface area (Å²) in [6.07, 6.45) is 7.14. The molecule has 0 radical (unpaired) electrons. The maximum absolute atomic E-state index is 13.3. The Balaban J connectivity index is 1.62. The quantitative estimate of drug-likeness (QED) is 0.272. The van der Waals surface area contributed by atoms with Crippen LogP contribution < -0.4 is 10.9 Å². The Kier molecular flexibility index (Phi) is 6.10. The predicted molar refractivity (Wildman–Crippen MR) is 123 cm³/mol. The average Bonchev–Trinajstić information content (AvgIpc) is 3.11. The maximum atomic E-state index is 13.3. The van der Waals surface area contributed by atoms with Gasteiger partial charge in [-0.05, 0) is 38.2 Å². The van der Waals surface area contributed by atoms with E-state index in [2.05, 4.69) is 17.0 Å². The van der Waals surface area contributed by atoms with E-state index in [1.54, 1.807) is 33.7 Å². The average molecular weight is 444 g/mol. The summed E-state index contributed by atoms with van der Waals surface area (Å²) in [5, 5.41) is 8.41. The Morgan fingerprint density at radius 1 is 1.37 bits per heavy atom. The van der Waals surface area contributed by atoms with Gasteiger partial charge in [0.2, 0.25) is 5.91 Å². The number of thioether (sulfide) groups is 1. The second-order valence-corrected chi connectivity index (χ2v) is 9.50. The fourth-order valence-corrected chi connectivity index (χ4v) is 5.94. The zero-order valence-electron chi connectivity index (χ0n) is 17.2. The second kappa shape index (κ2) is 8.77. The molecule has 0 atom stereocenters. The van der Waals surface area contributed by atoms with Crippen molar-refractivity contribution in [2.75, 3.05) is 11.1 Å². The summed E-state index contributed by atoms with van der Waals surface area (Å²) in [7, 11) is 1.79. The first-order valence-electron chi connectivity index (χ1n) is 10.1. The number of hydrogen-bond donors (Lipinski definition) is 1. The first kappa shape index (κ1) is 20.9. The van der Waals surface area contributed by atoms with Gasteiger partial charge in [-0.2, -0.15) is 5.10 Å². The van der Waals surface area contributed by atoms with Crippen LogP contribution in [0.25, 0.3) is 10.2 Å². The van der Waals surface area contributed by atoms with Gasteiger partial charge in [0.15, 0.2) is 5.16 Å². The fourth-order valence-electron chi connectivity index (χ4n) is 3.83. The van der Waals surface area contributed by atoms with E-state index in [1.807, 2.05) is 13.0 Å². The number of anilines is 1. The monoisotopic (exact) mass is 443 g/mol. The molecule has 0 spiro atoms. The van der Waals surface area contributed by atoms with Gasteiger partial charge >= 0.3 is 0 Å². The smallest absolute Gasteiger partial charge is 0.263 e. The number of aromatic nitrogens is 4. The van der Waals surface area contributed by atoms with Crippen molar-refractivity contribution in [1.82, 2.24) is 19.3 Å². The molecule has 3 aromatic rings. The van der Waals surface area contributed by atoms with Gasteiger partial charge in [-0.3, -0.25) is 18.8 Å². The Morgan fingerprint density at radius 2 is 2.17 bits per heavy atom. The van der Waals surface area contributed by atoms with Crippen LogP contribution in [0.5, 0.6) is 0 Å². The Morgan fingerprint density at radius 3 is 2.90 bits per heavy atom. The van der Waals surface area contributed by atoms with Crippen molar-refractivity contribution >= 4 is 45.0 Å². The van der Waals surface area contributed by atoms with Crippen molar-refractivity contribution in [1.29, 1.82) is 0 Å². The standard InChI is InChI=1S/C21H25N5O2S2/c1-4-10-26-20(28)18-14-8-6-5-7-9-15(14)30-19(18)23-21(26)29-12-17(27)22-16-11-13(2)24-25(16)3/h4,11H,1,5-10,12H2,2-3H3,(H,22,27). The number of hydrogen-bond acceptors (Lipinski definition) is 6. The highest BCUT2D eigenvalue weighted by molar-refractivity contribution is 7.99. The molecule has 1 aliphatic carbocycles. The lowest BCUT2D eigenvalue weighted by atomic mass is 10.1. The minimum absolute atomic E-state index is 0.0236.